The van der Waals surface area contributed by atoms with E-state index in [0.717, 1.165) is 22.4 Å². The number of likely N-dealkylation sites (tertiary alicyclic amines) is 1. The van der Waals surface area contributed by atoms with E-state index in [9.17, 15) is 24.6 Å². The third kappa shape index (κ3) is 3.55. The molecule has 1 aromatic carbocycles. The van der Waals surface area contributed by atoms with Gasteiger partial charge in [-0.3, -0.25) is 34.9 Å². The van der Waals surface area contributed by atoms with Gasteiger partial charge in [-0.05, 0) is 30.0 Å². The zero-order valence-corrected chi connectivity index (χ0v) is 20.8. The average Bonchev–Trinajstić information content (AvgIpc) is 3.46. The molecule has 0 aliphatic carbocycles. The van der Waals surface area contributed by atoms with Crippen molar-refractivity contribution in [3.63, 3.8) is 0 Å². The summed E-state index contributed by atoms with van der Waals surface area (Å²) in [5.41, 5.74) is 13.1. The number of hydrogen-bond donors (Lipinski definition) is 7. The number of imide groups is 1. The third-order valence-electron chi connectivity index (χ3n) is 7.97. The van der Waals surface area contributed by atoms with Crippen LogP contribution in [0.2, 0.25) is 0 Å². The molecule has 37 heavy (non-hydrogen) atoms. The van der Waals surface area contributed by atoms with Crippen LogP contribution < -0.4 is 27.1 Å². The normalized spacial score (nSPS) is 30.0. The Balaban J connectivity index is 1.47. The van der Waals surface area contributed by atoms with E-state index < -0.39 is 35.5 Å². The Morgan fingerprint density at radius 2 is 1.92 bits per heavy atom. The van der Waals surface area contributed by atoms with Crippen molar-refractivity contribution >= 4 is 29.6 Å². The van der Waals surface area contributed by atoms with Crippen molar-refractivity contribution in [1.29, 1.82) is 0 Å². The van der Waals surface area contributed by atoms with Crippen molar-refractivity contribution in [2.45, 2.75) is 69.1 Å². The van der Waals surface area contributed by atoms with Crippen molar-refractivity contribution in [3.8, 4) is 0 Å². The van der Waals surface area contributed by atoms with E-state index in [4.69, 9.17) is 11.5 Å². The van der Waals surface area contributed by atoms with Gasteiger partial charge in [0.1, 0.15) is 12.1 Å². The zero-order valence-electron chi connectivity index (χ0n) is 20.8. The van der Waals surface area contributed by atoms with E-state index in [2.05, 4.69) is 20.6 Å². The highest BCUT2D eigenvalue weighted by molar-refractivity contribution is 6.02. The number of carbonyl (C=O) groups is 3. The molecule has 13 heteroatoms. The highest BCUT2D eigenvalue weighted by atomic mass is 16.5. The average molecular weight is 514 g/mol. The molecule has 4 aliphatic rings. The maximum atomic E-state index is 13.4. The van der Waals surface area contributed by atoms with Gasteiger partial charge in [0.15, 0.2) is 12.0 Å². The number of nitrogens with one attached hydrogen (secondary N) is 3. The number of aliphatic imine (C=N–C) groups is 1. The summed E-state index contributed by atoms with van der Waals surface area (Å²) in [6.45, 7) is 3.80. The number of amides is 3. The fourth-order valence-electron chi connectivity index (χ4n) is 6.17. The van der Waals surface area contributed by atoms with Crippen LogP contribution in [0.1, 0.15) is 48.2 Å². The van der Waals surface area contributed by atoms with Gasteiger partial charge >= 0.3 is 5.96 Å². The standard InChI is InChI=1S/C24H32N8O5/c1-3-12-6-5-7-14(13(12)4-2)20(35)28-16-11-32-22(26)27-15(10-31-17(33)8-9-18(31)34)19-23(32,24(16,36)37)30-21(25)29-19/h5-7,15-16,19,36-37H,3-4,8-11H2,1-2H3,(H2,26,27)(H,28,35)(H3,25,29,30)/p+1/t15-,16?,19-,23?/m0/s1. The second-order valence-corrected chi connectivity index (χ2v) is 9.89. The second kappa shape index (κ2) is 8.70. The first kappa shape index (κ1) is 25.0. The van der Waals surface area contributed by atoms with Gasteiger partial charge in [-0.1, -0.05) is 26.0 Å². The minimum absolute atomic E-state index is 0.0317. The molecule has 4 aliphatic heterocycles. The summed E-state index contributed by atoms with van der Waals surface area (Å²) in [4.78, 5) is 47.9. The maximum absolute atomic E-state index is 13.4. The van der Waals surface area contributed by atoms with Crippen molar-refractivity contribution < 1.29 is 29.6 Å². The molecular weight excluding hydrogens is 480 g/mol. The molecule has 1 spiro atoms. The summed E-state index contributed by atoms with van der Waals surface area (Å²) in [7, 11) is 0. The first-order chi connectivity index (χ1) is 17.5. The number of guanidine groups is 2. The molecular formula is C24H33N8O5+. The molecule has 13 nitrogen and oxygen atoms in total. The van der Waals surface area contributed by atoms with Crippen molar-refractivity contribution in [3.05, 3.63) is 34.9 Å². The third-order valence-corrected chi connectivity index (χ3v) is 7.97. The fraction of sp³-hybridized carbons (Fsp3) is 0.542. The summed E-state index contributed by atoms with van der Waals surface area (Å²) in [6, 6.07) is 2.60. The Morgan fingerprint density at radius 3 is 2.57 bits per heavy atom. The summed E-state index contributed by atoms with van der Waals surface area (Å²) < 4.78 is 0. The zero-order chi connectivity index (χ0) is 26.7. The Hall–Kier alpha value is -3.71. The first-order valence-corrected chi connectivity index (χ1v) is 12.5. The van der Waals surface area contributed by atoms with E-state index >= 15 is 0 Å². The number of nitrogens with two attached hydrogens (primary N) is 2. The van der Waals surface area contributed by atoms with Crippen LogP contribution in [0.15, 0.2) is 23.2 Å². The molecule has 4 heterocycles. The van der Waals surface area contributed by atoms with Crippen LogP contribution in [-0.4, -0.2) is 92.3 Å². The minimum atomic E-state index is -2.58. The summed E-state index contributed by atoms with van der Waals surface area (Å²) in [5.74, 6) is -3.65. The first-order valence-electron chi connectivity index (χ1n) is 12.5. The van der Waals surface area contributed by atoms with Crippen molar-refractivity contribution in [2.24, 2.45) is 16.5 Å². The lowest BCUT2D eigenvalue weighted by molar-refractivity contribution is -0.521. The molecule has 2 fully saturated rings. The van der Waals surface area contributed by atoms with Crippen LogP contribution in [0.3, 0.4) is 0 Å². The van der Waals surface area contributed by atoms with E-state index in [-0.39, 0.29) is 49.7 Å². The lowest BCUT2D eigenvalue weighted by Crippen LogP contribution is -2.90. The number of rotatable bonds is 6. The molecule has 2 saturated heterocycles. The van der Waals surface area contributed by atoms with Crippen LogP contribution >= 0.6 is 0 Å². The van der Waals surface area contributed by atoms with Crippen LogP contribution in [0.25, 0.3) is 0 Å². The van der Waals surface area contributed by atoms with Gasteiger partial charge in [-0.25, -0.2) is 10.3 Å². The molecule has 2 unspecified atom stereocenters. The van der Waals surface area contributed by atoms with Crippen molar-refractivity contribution in [1.82, 2.24) is 20.4 Å². The highest BCUT2D eigenvalue weighted by Crippen LogP contribution is 2.41. The van der Waals surface area contributed by atoms with Gasteiger partial charge < -0.3 is 21.3 Å². The van der Waals surface area contributed by atoms with Gasteiger partial charge in [-0.15, -0.1) is 0 Å². The number of aryl methyl sites for hydroxylation is 1. The van der Waals surface area contributed by atoms with E-state index in [1.165, 1.54) is 4.90 Å². The largest absolute Gasteiger partial charge is 0.370 e. The Morgan fingerprint density at radius 1 is 1.22 bits per heavy atom. The lowest BCUT2D eigenvalue weighted by atomic mass is 9.84. The number of aliphatic hydroxyl groups is 2. The van der Waals surface area contributed by atoms with Gasteiger partial charge in [0, 0.05) is 18.4 Å². The Bertz CT molecular complexity index is 1210. The summed E-state index contributed by atoms with van der Waals surface area (Å²) in [6.07, 6.45) is 1.63. The van der Waals surface area contributed by atoms with Crippen LogP contribution in [-0.2, 0) is 22.4 Å². The van der Waals surface area contributed by atoms with Crippen LogP contribution in [0.5, 0.6) is 0 Å². The smallest absolute Gasteiger partial charge is 0.343 e. The van der Waals surface area contributed by atoms with Gasteiger partial charge in [0.05, 0.1) is 13.1 Å². The van der Waals surface area contributed by atoms with Gasteiger partial charge in [-0.2, -0.15) is 0 Å². The predicted octanol–water partition coefficient (Wildman–Crippen LogP) is -4.18. The van der Waals surface area contributed by atoms with E-state index in [1.54, 1.807) is 12.1 Å². The Labute approximate surface area is 213 Å². The lowest BCUT2D eigenvalue weighted by Gasteiger charge is -2.46. The van der Waals surface area contributed by atoms with Crippen molar-refractivity contribution in [2.75, 3.05) is 13.1 Å². The number of carbonyl (C=O) groups excluding carboxylic acids is 3. The SMILES string of the molecule is CCc1cccc(C(=O)NC2CN3C(N)=N[C@@H](CN4C(=O)CCC4=O)[C@@H]4[NH+]=C(N)NC43C2(O)O)c1CC. The quantitative estimate of drug-likeness (QED) is 0.146. The van der Waals surface area contributed by atoms with Gasteiger partial charge in [0.25, 0.3) is 11.6 Å². The molecule has 5 rings (SSSR count). The molecule has 1 aromatic rings. The molecule has 0 bridgehead atoms. The molecule has 0 saturated carbocycles. The van der Waals surface area contributed by atoms with E-state index in [1.807, 2.05) is 19.9 Å². The van der Waals surface area contributed by atoms with Crippen LogP contribution in [0.4, 0.5) is 0 Å². The molecule has 198 valence electrons. The number of nitrogens with zero attached hydrogens (tertiary/aromatic N) is 3. The summed E-state index contributed by atoms with van der Waals surface area (Å²) >= 11 is 0. The topological polar surface area (TPSA) is 201 Å². The van der Waals surface area contributed by atoms with E-state index in [0.29, 0.717) is 12.0 Å². The monoisotopic (exact) mass is 513 g/mol. The maximum Gasteiger partial charge on any atom is 0.343 e. The summed E-state index contributed by atoms with van der Waals surface area (Å²) in [5, 5.41) is 28.9. The molecule has 9 N–H and O–H groups in total. The Kier molecular flexibility index (Phi) is 5.87. The van der Waals surface area contributed by atoms with Gasteiger partial charge in [0.2, 0.25) is 17.6 Å². The predicted molar refractivity (Wildman–Crippen MR) is 132 cm³/mol. The highest BCUT2D eigenvalue weighted by Gasteiger charge is 2.76. The molecule has 4 atom stereocenters. The molecule has 0 aromatic heterocycles. The fourth-order valence-corrected chi connectivity index (χ4v) is 6.17. The number of hydrogen-bond acceptors (Lipinski definition) is 10. The second-order valence-electron chi connectivity index (χ2n) is 9.89. The molecule has 3 amide bonds. The minimum Gasteiger partial charge on any atom is -0.370 e. The number of benzene rings is 1. The van der Waals surface area contributed by atoms with Crippen LogP contribution in [0, 0.1) is 0 Å². The molecule has 0 radical (unpaired) electrons.